The molecule has 0 unspecified atom stereocenters. The highest BCUT2D eigenvalue weighted by Crippen LogP contribution is 2.39. The van der Waals surface area contributed by atoms with Gasteiger partial charge in [-0.15, -0.1) is 0 Å². The Hall–Kier alpha value is -1.92. The molecular formula is C14H6ClF2NO2S. The fraction of sp³-hybridized carbons (Fsp3) is 0. The van der Waals surface area contributed by atoms with Crippen LogP contribution in [0.15, 0.2) is 40.1 Å². The van der Waals surface area contributed by atoms with Crippen LogP contribution in [-0.4, -0.2) is 11.7 Å². The predicted octanol–water partition coefficient (Wildman–Crippen LogP) is 3.90. The number of amides is 1. The van der Waals surface area contributed by atoms with Crippen molar-refractivity contribution in [3.63, 3.8) is 0 Å². The molecule has 1 amide bonds. The van der Waals surface area contributed by atoms with Crippen molar-refractivity contribution in [2.24, 2.45) is 0 Å². The van der Waals surface area contributed by atoms with E-state index in [1.54, 1.807) is 0 Å². The van der Waals surface area contributed by atoms with Crippen molar-refractivity contribution in [2.45, 2.75) is 9.79 Å². The first kappa shape index (κ1) is 14.0. The molecule has 3 rings (SSSR count). The van der Waals surface area contributed by atoms with Crippen LogP contribution in [0.1, 0.15) is 10.4 Å². The molecule has 1 aliphatic rings. The Morgan fingerprint density at radius 3 is 2.57 bits per heavy atom. The first-order valence-electron chi connectivity index (χ1n) is 5.78. The lowest BCUT2D eigenvalue weighted by Crippen LogP contribution is -2.12. The highest BCUT2D eigenvalue weighted by molar-refractivity contribution is 7.99. The van der Waals surface area contributed by atoms with Crippen molar-refractivity contribution in [1.29, 1.82) is 0 Å². The summed E-state index contributed by atoms with van der Waals surface area (Å²) in [4.78, 5) is 23.3. The molecule has 0 aliphatic carbocycles. The molecule has 1 heterocycles. The van der Waals surface area contributed by atoms with E-state index in [2.05, 4.69) is 5.32 Å². The van der Waals surface area contributed by atoms with Crippen LogP contribution in [0, 0.1) is 11.6 Å². The fourth-order valence-corrected chi connectivity index (χ4v) is 3.08. The molecule has 0 aromatic heterocycles. The Balaban J connectivity index is 2.01. The molecule has 2 aromatic carbocycles. The number of benzene rings is 2. The molecule has 106 valence electrons. The average molecular weight is 326 g/mol. The highest BCUT2D eigenvalue weighted by Gasteiger charge is 2.29. The second-order valence-electron chi connectivity index (χ2n) is 4.29. The van der Waals surface area contributed by atoms with Gasteiger partial charge in [0.15, 0.2) is 0 Å². The van der Waals surface area contributed by atoms with Crippen LogP contribution >= 0.6 is 23.4 Å². The van der Waals surface area contributed by atoms with E-state index in [-0.39, 0.29) is 15.5 Å². The third kappa shape index (κ3) is 2.52. The molecule has 0 radical (unpaired) electrons. The summed E-state index contributed by atoms with van der Waals surface area (Å²) in [7, 11) is 0. The van der Waals surface area contributed by atoms with E-state index in [0.717, 1.165) is 30.0 Å². The Morgan fingerprint density at radius 2 is 1.81 bits per heavy atom. The van der Waals surface area contributed by atoms with Crippen LogP contribution in [0.3, 0.4) is 0 Å². The number of halogens is 3. The molecule has 21 heavy (non-hydrogen) atoms. The van der Waals surface area contributed by atoms with Crippen LogP contribution < -0.4 is 5.32 Å². The van der Waals surface area contributed by atoms with Gasteiger partial charge < -0.3 is 5.32 Å². The quantitative estimate of drug-likeness (QED) is 0.852. The van der Waals surface area contributed by atoms with Gasteiger partial charge in [0, 0.05) is 4.90 Å². The zero-order valence-corrected chi connectivity index (χ0v) is 11.8. The number of carbonyl (C=O) groups is 2. The molecule has 2 aromatic rings. The standard InChI is InChI=1S/C14H6ClF2NO2S/c15-8-4-7-10(18-14(20)13(7)19)5-11(8)21-12-3-6(16)1-2-9(12)17/h1-5H,(H,18,19,20). The summed E-state index contributed by atoms with van der Waals surface area (Å²) in [6.45, 7) is 0. The molecule has 3 nitrogen and oxygen atoms in total. The summed E-state index contributed by atoms with van der Waals surface area (Å²) in [6.07, 6.45) is 0. The van der Waals surface area contributed by atoms with E-state index in [4.69, 9.17) is 11.6 Å². The van der Waals surface area contributed by atoms with E-state index in [1.807, 2.05) is 0 Å². The normalized spacial score (nSPS) is 13.3. The minimum absolute atomic E-state index is 0.0625. The number of nitrogens with one attached hydrogen (secondary N) is 1. The molecule has 0 atom stereocenters. The average Bonchev–Trinajstić information content (AvgIpc) is 2.70. The molecule has 0 saturated heterocycles. The van der Waals surface area contributed by atoms with Gasteiger partial charge in [0.25, 0.3) is 11.7 Å². The number of Topliss-reactive ketones (excluding diaryl/α,β-unsaturated/α-hetero) is 1. The minimum Gasteiger partial charge on any atom is -0.318 e. The van der Waals surface area contributed by atoms with Crippen LogP contribution in [0.2, 0.25) is 5.02 Å². The van der Waals surface area contributed by atoms with Gasteiger partial charge in [0.2, 0.25) is 0 Å². The topological polar surface area (TPSA) is 46.2 Å². The predicted molar refractivity (Wildman–Crippen MR) is 74.9 cm³/mol. The van der Waals surface area contributed by atoms with Gasteiger partial charge in [-0.1, -0.05) is 23.4 Å². The van der Waals surface area contributed by atoms with Crippen molar-refractivity contribution in [3.05, 3.63) is 52.6 Å². The van der Waals surface area contributed by atoms with Crippen molar-refractivity contribution >= 4 is 40.7 Å². The maximum absolute atomic E-state index is 13.6. The number of fused-ring (bicyclic) bond motifs is 1. The van der Waals surface area contributed by atoms with Gasteiger partial charge in [0.1, 0.15) is 11.6 Å². The maximum atomic E-state index is 13.6. The number of rotatable bonds is 2. The number of anilines is 1. The van der Waals surface area contributed by atoms with Crippen LogP contribution in [-0.2, 0) is 4.79 Å². The first-order chi connectivity index (χ1) is 9.95. The molecule has 1 N–H and O–H groups in total. The van der Waals surface area contributed by atoms with Crippen LogP contribution in [0.4, 0.5) is 14.5 Å². The SMILES string of the molecule is O=C1Nc2cc(Sc3cc(F)ccc3F)c(Cl)cc2C1=O. The van der Waals surface area contributed by atoms with Crippen LogP contribution in [0.5, 0.6) is 0 Å². The molecular weight excluding hydrogens is 320 g/mol. The van der Waals surface area contributed by atoms with Gasteiger partial charge >= 0.3 is 0 Å². The highest BCUT2D eigenvalue weighted by atomic mass is 35.5. The van der Waals surface area contributed by atoms with Gasteiger partial charge in [-0.2, -0.15) is 0 Å². The summed E-state index contributed by atoms with van der Waals surface area (Å²) in [5.41, 5.74) is 0.489. The molecule has 7 heteroatoms. The van der Waals surface area contributed by atoms with Gasteiger partial charge in [-0.05, 0) is 30.3 Å². The third-order valence-corrected chi connectivity index (χ3v) is 4.40. The van der Waals surface area contributed by atoms with Crippen LogP contribution in [0.25, 0.3) is 0 Å². The van der Waals surface area contributed by atoms with Gasteiger partial charge in [-0.3, -0.25) is 9.59 Å². The molecule has 1 aliphatic heterocycles. The Kier molecular flexibility index (Phi) is 3.43. The van der Waals surface area contributed by atoms with Crippen molar-refractivity contribution in [2.75, 3.05) is 5.32 Å². The van der Waals surface area contributed by atoms with Crippen molar-refractivity contribution in [1.82, 2.24) is 0 Å². The lowest BCUT2D eigenvalue weighted by molar-refractivity contribution is -0.112. The van der Waals surface area contributed by atoms with Crippen molar-refractivity contribution in [3.8, 4) is 0 Å². The molecule has 0 fully saturated rings. The second kappa shape index (κ2) is 5.13. The zero-order chi connectivity index (χ0) is 15.1. The number of hydrogen-bond acceptors (Lipinski definition) is 3. The molecule has 0 saturated carbocycles. The summed E-state index contributed by atoms with van der Waals surface area (Å²) in [5, 5.41) is 2.59. The molecule has 0 spiro atoms. The van der Waals surface area contributed by atoms with Crippen molar-refractivity contribution < 1.29 is 18.4 Å². The Labute approximate surface area is 127 Å². The lowest BCUT2D eigenvalue weighted by atomic mass is 10.1. The van der Waals surface area contributed by atoms with E-state index in [0.29, 0.717) is 10.6 Å². The monoisotopic (exact) mass is 325 g/mol. The number of ketones is 1. The maximum Gasteiger partial charge on any atom is 0.296 e. The largest absolute Gasteiger partial charge is 0.318 e. The van der Waals surface area contributed by atoms with E-state index in [1.165, 1.54) is 12.1 Å². The number of carbonyl (C=O) groups excluding carboxylic acids is 2. The number of hydrogen-bond donors (Lipinski definition) is 1. The molecule has 0 bridgehead atoms. The second-order valence-corrected chi connectivity index (χ2v) is 5.78. The summed E-state index contributed by atoms with van der Waals surface area (Å²) in [5.74, 6) is -2.56. The lowest BCUT2D eigenvalue weighted by Gasteiger charge is -2.07. The first-order valence-corrected chi connectivity index (χ1v) is 6.97. The van der Waals surface area contributed by atoms with E-state index in [9.17, 15) is 18.4 Å². The van der Waals surface area contributed by atoms with Gasteiger partial charge in [-0.25, -0.2) is 8.78 Å². The van der Waals surface area contributed by atoms with E-state index >= 15 is 0 Å². The smallest absolute Gasteiger partial charge is 0.296 e. The van der Waals surface area contributed by atoms with Gasteiger partial charge in [0.05, 0.1) is 21.2 Å². The Morgan fingerprint density at radius 1 is 1.05 bits per heavy atom. The van der Waals surface area contributed by atoms with E-state index < -0.39 is 23.3 Å². The fourth-order valence-electron chi connectivity index (χ4n) is 1.90. The minimum atomic E-state index is -0.736. The Bertz CT molecular complexity index is 795. The summed E-state index contributed by atoms with van der Waals surface area (Å²) in [6, 6.07) is 5.90. The third-order valence-electron chi connectivity index (χ3n) is 2.88. The summed E-state index contributed by atoms with van der Waals surface area (Å²) < 4.78 is 26.8. The summed E-state index contributed by atoms with van der Waals surface area (Å²) >= 11 is 6.95. The zero-order valence-electron chi connectivity index (χ0n) is 10.2.